The van der Waals surface area contributed by atoms with Gasteiger partial charge in [0.2, 0.25) is 5.91 Å². The number of benzene rings is 2. The summed E-state index contributed by atoms with van der Waals surface area (Å²) in [6.45, 7) is 1.42. The van der Waals surface area contributed by atoms with Crippen LogP contribution >= 0.6 is 23.4 Å². The zero-order valence-corrected chi connectivity index (χ0v) is 14.7. The van der Waals surface area contributed by atoms with Crippen molar-refractivity contribution in [1.82, 2.24) is 5.32 Å². The van der Waals surface area contributed by atoms with Gasteiger partial charge in [0.05, 0.1) is 5.75 Å². The number of carbonyl (C=O) groups excluding carboxylic acids is 1. The maximum atomic E-state index is 11.9. The molecule has 0 radical (unpaired) electrons. The highest BCUT2D eigenvalue weighted by Gasteiger charge is 2.05. The van der Waals surface area contributed by atoms with E-state index < -0.39 is 0 Å². The molecule has 0 spiro atoms. The molecule has 0 fully saturated rings. The molecule has 2 aromatic rings. The summed E-state index contributed by atoms with van der Waals surface area (Å²) >= 11 is 7.67. The van der Waals surface area contributed by atoms with Crippen molar-refractivity contribution in [2.75, 3.05) is 30.8 Å². The second kappa shape index (κ2) is 9.48. The van der Waals surface area contributed by atoms with Gasteiger partial charge in [-0.2, -0.15) is 0 Å². The summed E-state index contributed by atoms with van der Waals surface area (Å²) < 4.78 is 0. The number of thioether (sulfide) groups is 1. The second-order valence-electron chi connectivity index (χ2n) is 5.19. The van der Waals surface area contributed by atoms with Gasteiger partial charge in [-0.25, -0.2) is 0 Å². The molecule has 0 aromatic heterocycles. The van der Waals surface area contributed by atoms with Crippen LogP contribution in [-0.4, -0.2) is 31.8 Å². The van der Waals surface area contributed by atoms with Crippen LogP contribution in [0.15, 0.2) is 54.6 Å². The molecule has 0 saturated carbocycles. The van der Waals surface area contributed by atoms with Crippen LogP contribution < -0.4 is 10.2 Å². The van der Waals surface area contributed by atoms with Crippen molar-refractivity contribution in [3.8, 4) is 0 Å². The van der Waals surface area contributed by atoms with E-state index in [1.807, 2.05) is 49.5 Å². The summed E-state index contributed by atoms with van der Waals surface area (Å²) in [4.78, 5) is 14.0. The van der Waals surface area contributed by atoms with Gasteiger partial charge in [-0.15, -0.1) is 11.8 Å². The SMILES string of the molecule is CN(CCNC(=O)CSCc1ccccc1Cl)c1ccccc1. The summed E-state index contributed by atoms with van der Waals surface area (Å²) in [7, 11) is 2.02. The molecule has 3 nitrogen and oxygen atoms in total. The Bertz CT molecular complexity index is 621. The fourth-order valence-corrected chi connectivity index (χ4v) is 3.24. The third-order valence-electron chi connectivity index (χ3n) is 3.41. The van der Waals surface area contributed by atoms with Gasteiger partial charge in [0.1, 0.15) is 0 Å². The lowest BCUT2D eigenvalue weighted by Gasteiger charge is -2.19. The van der Waals surface area contributed by atoms with Gasteiger partial charge in [-0.05, 0) is 23.8 Å². The van der Waals surface area contributed by atoms with Crippen molar-refractivity contribution >= 4 is 35.0 Å². The third-order valence-corrected chi connectivity index (χ3v) is 4.77. The monoisotopic (exact) mass is 348 g/mol. The molecule has 1 N–H and O–H groups in total. The molecule has 2 rings (SSSR count). The molecule has 1 amide bonds. The highest BCUT2D eigenvalue weighted by molar-refractivity contribution is 7.99. The van der Waals surface area contributed by atoms with Gasteiger partial charge in [0.15, 0.2) is 0 Å². The maximum Gasteiger partial charge on any atom is 0.230 e. The number of halogens is 1. The molecule has 0 aliphatic carbocycles. The average molecular weight is 349 g/mol. The molecule has 23 heavy (non-hydrogen) atoms. The molecule has 0 aliphatic rings. The first-order valence-corrected chi connectivity index (χ1v) is 9.04. The highest BCUT2D eigenvalue weighted by Crippen LogP contribution is 2.20. The number of carbonyl (C=O) groups is 1. The minimum atomic E-state index is 0.0588. The zero-order valence-electron chi connectivity index (χ0n) is 13.2. The molecule has 0 unspecified atom stereocenters. The molecular weight excluding hydrogens is 328 g/mol. The van der Waals surface area contributed by atoms with Crippen molar-refractivity contribution in [1.29, 1.82) is 0 Å². The fraction of sp³-hybridized carbons (Fsp3) is 0.278. The first-order valence-electron chi connectivity index (χ1n) is 7.51. The number of anilines is 1. The first-order chi connectivity index (χ1) is 11.2. The number of likely N-dealkylation sites (N-methyl/N-ethyl adjacent to an activating group) is 1. The maximum absolute atomic E-state index is 11.9. The van der Waals surface area contributed by atoms with Crippen LogP contribution in [0.4, 0.5) is 5.69 Å². The average Bonchev–Trinajstić information content (AvgIpc) is 2.57. The van der Waals surface area contributed by atoms with E-state index in [1.165, 1.54) is 0 Å². The Kier molecular flexibility index (Phi) is 7.30. The number of hydrogen-bond acceptors (Lipinski definition) is 3. The van der Waals surface area contributed by atoms with E-state index in [9.17, 15) is 4.79 Å². The van der Waals surface area contributed by atoms with Crippen LogP contribution in [0.5, 0.6) is 0 Å². The topological polar surface area (TPSA) is 32.3 Å². The van der Waals surface area contributed by atoms with Crippen LogP contribution in [-0.2, 0) is 10.5 Å². The van der Waals surface area contributed by atoms with Crippen molar-refractivity contribution in [2.45, 2.75) is 5.75 Å². The van der Waals surface area contributed by atoms with Gasteiger partial charge in [-0.1, -0.05) is 48.0 Å². The van der Waals surface area contributed by atoms with E-state index in [0.717, 1.165) is 28.6 Å². The summed E-state index contributed by atoms with van der Waals surface area (Å²) in [5.41, 5.74) is 2.21. The summed E-state index contributed by atoms with van der Waals surface area (Å²) in [5, 5.41) is 3.70. The number of amides is 1. The summed E-state index contributed by atoms with van der Waals surface area (Å²) in [6, 6.07) is 17.9. The summed E-state index contributed by atoms with van der Waals surface area (Å²) in [6.07, 6.45) is 0. The molecule has 0 bridgehead atoms. The van der Waals surface area contributed by atoms with Crippen molar-refractivity contribution < 1.29 is 4.79 Å². The van der Waals surface area contributed by atoms with Crippen molar-refractivity contribution in [2.24, 2.45) is 0 Å². The lowest BCUT2D eigenvalue weighted by atomic mass is 10.2. The number of hydrogen-bond donors (Lipinski definition) is 1. The Morgan fingerprint density at radius 1 is 1.13 bits per heavy atom. The number of nitrogens with one attached hydrogen (secondary N) is 1. The van der Waals surface area contributed by atoms with E-state index in [-0.39, 0.29) is 5.91 Å². The first kappa shape index (κ1) is 17.7. The highest BCUT2D eigenvalue weighted by atomic mass is 35.5. The lowest BCUT2D eigenvalue weighted by molar-refractivity contribution is -0.118. The zero-order chi connectivity index (χ0) is 16.5. The van der Waals surface area contributed by atoms with E-state index in [2.05, 4.69) is 22.3 Å². The van der Waals surface area contributed by atoms with Crippen LogP contribution in [0.25, 0.3) is 0 Å². The Morgan fingerprint density at radius 3 is 2.57 bits per heavy atom. The predicted octanol–water partition coefficient (Wildman–Crippen LogP) is 3.83. The van der Waals surface area contributed by atoms with Gasteiger partial charge in [-0.3, -0.25) is 4.79 Å². The van der Waals surface area contributed by atoms with Crippen molar-refractivity contribution in [3.63, 3.8) is 0 Å². The fourth-order valence-electron chi connectivity index (χ4n) is 2.09. The van der Waals surface area contributed by atoms with Gasteiger partial charge in [0, 0.05) is 36.6 Å². The van der Waals surface area contributed by atoms with Crippen molar-refractivity contribution in [3.05, 3.63) is 65.2 Å². The Labute approximate surface area is 147 Å². The van der Waals surface area contributed by atoms with Crippen LogP contribution in [0.3, 0.4) is 0 Å². The number of para-hydroxylation sites is 1. The normalized spacial score (nSPS) is 10.3. The molecule has 122 valence electrons. The summed E-state index contributed by atoms with van der Waals surface area (Å²) in [5.74, 6) is 1.25. The van der Waals surface area contributed by atoms with Gasteiger partial charge >= 0.3 is 0 Å². The quantitative estimate of drug-likeness (QED) is 0.787. The van der Waals surface area contributed by atoms with E-state index in [4.69, 9.17) is 11.6 Å². The largest absolute Gasteiger partial charge is 0.373 e. The molecule has 0 heterocycles. The van der Waals surface area contributed by atoms with Gasteiger partial charge < -0.3 is 10.2 Å². The van der Waals surface area contributed by atoms with Crippen LogP contribution in [0, 0.1) is 0 Å². The van der Waals surface area contributed by atoms with Crippen LogP contribution in [0.2, 0.25) is 5.02 Å². The Morgan fingerprint density at radius 2 is 1.83 bits per heavy atom. The number of nitrogens with zero attached hydrogens (tertiary/aromatic N) is 1. The van der Waals surface area contributed by atoms with Crippen LogP contribution in [0.1, 0.15) is 5.56 Å². The molecule has 0 saturated heterocycles. The smallest absolute Gasteiger partial charge is 0.230 e. The second-order valence-corrected chi connectivity index (χ2v) is 6.58. The minimum Gasteiger partial charge on any atom is -0.373 e. The molecule has 2 aromatic carbocycles. The van der Waals surface area contributed by atoms with E-state index in [0.29, 0.717) is 12.3 Å². The van der Waals surface area contributed by atoms with E-state index >= 15 is 0 Å². The Hall–Kier alpha value is -1.65. The molecule has 5 heteroatoms. The molecular formula is C18H21ClN2OS. The third kappa shape index (κ3) is 6.16. The van der Waals surface area contributed by atoms with E-state index in [1.54, 1.807) is 11.8 Å². The van der Waals surface area contributed by atoms with Gasteiger partial charge in [0.25, 0.3) is 0 Å². The Balaban J connectivity index is 1.63. The standard InChI is InChI=1S/C18H21ClN2OS/c1-21(16-8-3-2-4-9-16)12-11-20-18(22)14-23-13-15-7-5-6-10-17(15)19/h2-10H,11-14H2,1H3,(H,20,22). The molecule has 0 aliphatic heterocycles. The predicted molar refractivity (Wildman–Crippen MR) is 100 cm³/mol. The molecule has 0 atom stereocenters. The minimum absolute atomic E-state index is 0.0588. The lowest BCUT2D eigenvalue weighted by Crippen LogP contribution is -2.33. The number of rotatable bonds is 8.